The molecule has 3 aromatic carbocycles. The molecule has 1 aliphatic rings. The van der Waals surface area contributed by atoms with Crippen molar-refractivity contribution in [2.45, 2.75) is 45.4 Å². The molecule has 11 nitrogen and oxygen atoms in total. The van der Waals surface area contributed by atoms with Crippen molar-refractivity contribution >= 4 is 23.5 Å². The van der Waals surface area contributed by atoms with Crippen LogP contribution < -0.4 is 14.9 Å². The van der Waals surface area contributed by atoms with Crippen LogP contribution in [0.3, 0.4) is 0 Å². The summed E-state index contributed by atoms with van der Waals surface area (Å²) in [6, 6.07) is 16.3. The van der Waals surface area contributed by atoms with Crippen LogP contribution in [0, 0.1) is 26.1 Å². The van der Waals surface area contributed by atoms with E-state index < -0.39 is 21.2 Å². The number of nitro benzene ring substituents is 2. The molecule has 0 unspecified atom stereocenters. The molecule has 0 saturated heterocycles. The van der Waals surface area contributed by atoms with Crippen LogP contribution in [0.15, 0.2) is 65.8 Å². The first-order valence-corrected chi connectivity index (χ1v) is 12.8. The summed E-state index contributed by atoms with van der Waals surface area (Å²) in [6.45, 7) is 8.54. The molecule has 0 heterocycles. The smallest absolute Gasteiger partial charge is 0.318 e. The van der Waals surface area contributed by atoms with Gasteiger partial charge in [0.1, 0.15) is 0 Å². The van der Waals surface area contributed by atoms with Gasteiger partial charge in [-0.1, -0.05) is 45.0 Å². The number of nitrogens with zero attached hydrogens (tertiary/aromatic N) is 3. The van der Waals surface area contributed by atoms with Gasteiger partial charge in [-0.15, -0.1) is 0 Å². The number of carbonyl (C=O) groups excluding carboxylic acids is 1. The predicted octanol–water partition coefficient (Wildman–Crippen LogP) is 6.25. The first kappa shape index (κ1) is 28.2. The summed E-state index contributed by atoms with van der Waals surface area (Å²) >= 11 is 0. The van der Waals surface area contributed by atoms with Crippen LogP contribution in [-0.2, 0) is 10.2 Å². The van der Waals surface area contributed by atoms with E-state index >= 15 is 0 Å². The van der Waals surface area contributed by atoms with E-state index in [0.29, 0.717) is 5.56 Å². The van der Waals surface area contributed by atoms with E-state index in [2.05, 4.69) is 55.6 Å². The average Bonchev–Trinajstić information content (AvgIpc) is 3.71. The van der Waals surface area contributed by atoms with Gasteiger partial charge in [-0.3, -0.25) is 25.0 Å². The Morgan fingerprint density at radius 3 is 2.33 bits per heavy atom. The Morgan fingerprint density at radius 1 is 1.00 bits per heavy atom. The van der Waals surface area contributed by atoms with Gasteiger partial charge >= 0.3 is 5.69 Å². The topological polar surface area (TPSA) is 146 Å². The molecule has 1 N–H and O–H groups in total. The molecular formula is C29H30N4O7. The summed E-state index contributed by atoms with van der Waals surface area (Å²) in [5, 5.41) is 26.5. The third-order valence-corrected chi connectivity index (χ3v) is 6.56. The van der Waals surface area contributed by atoms with Crippen LogP contribution in [0.4, 0.5) is 11.4 Å². The number of amides is 1. The van der Waals surface area contributed by atoms with Gasteiger partial charge in [-0.25, -0.2) is 5.43 Å². The average molecular weight is 547 g/mol. The lowest BCUT2D eigenvalue weighted by Gasteiger charge is -2.19. The van der Waals surface area contributed by atoms with Crippen molar-refractivity contribution in [3.63, 3.8) is 0 Å². The maximum absolute atomic E-state index is 12.6. The lowest BCUT2D eigenvalue weighted by molar-refractivity contribution is -0.394. The zero-order chi connectivity index (χ0) is 29.0. The number of benzene rings is 3. The highest BCUT2D eigenvalue weighted by Crippen LogP contribution is 2.47. The minimum atomic E-state index is -0.752. The highest BCUT2D eigenvalue weighted by Gasteiger charge is 2.44. The minimum absolute atomic E-state index is 0.0720. The molecule has 2 atom stereocenters. The van der Waals surface area contributed by atoms with Crippen molar-refractivity contribution in [3.8, 4) is 17.2 Å². The Morgan fingerprint density at radius 2 is 1.70 bits per heavy atom. The van der Waals surface area contributed by atoms with Gasteiger partial charge in [-0.2, -0.15) is 5.10 Å². The third-order valence-electron chi connectivity index (χ3n) is 6.56. The van der Waals surface area contributed by atoms with Crippen molar-refractivity contribution < 1.29 is 24.1 Å². The lowest BCUT2D eigenvalue weighted by Crippen LogP contribution is -2.20. The van der Waals surface area contributed by atoms with Crippen LogP contribution in [-0.4, -0.2) is 28.6 Å². The molecule has 4 rings (SSSR count). The normalized spacial score (nSPS) is 16.4. The number of hydrazone groups is 1. The summed E-state index contributed by atoms with van der Waals surface area (Å²) in [5.41, 5.74) is 4.68. The molecule has 1 amide bonds. The minimum Gasteiger partial charge on any atom is -0.490 e. The van der Waals surface area contributed by atoms with Crippen LogP contribution in [0.2, 0.25) is 0 Å². The molecular weight excluding hydrogens is 516 g/mol. The number of hydrogen-bond donors (Lipinski definition) is 1. The maximum Gasteiger partial charge on any atom is 0.318 e. The molecule has 1 fully saturated rings. The second-order valence-corrected chi connectivity index (χ2v) is 10.5. The number of hydrogen-bond acceptors (Lipinski definition) is 8. The van der Waals surface area contributed by atoms with Crippen molar-refractivity contribution in [1.29, 1.82) is 0 Å². The van der Waals surface area contributed by atoms with E-state index in [1.54, 1.807) is 19.1 Å². The molecule has 0 aromatic heterocycles. The fourth-order valence-corrected chi connectivity index (χ4v) is 4.26. The Hall–Kier alpha value is -4.80. The van der Waals surface area contributed by atoms with E-state index in [9.17, 15) is 25.0 Å². The summed E-state index contributed by atoms with van der Waals surface area (Å²) in [7, 11) is 0. The van der Waals surface area contributed by atoms with Gasteiger partial charge < -0.3 is 9.47 Å². The Bertz CT molecular complexity index is 1460. The number of carbonyl (C=O) groups is 1. The molecule has 1 saturated carbocycles. The van der Waals surface area contributed by atoms with Crippen LogP contribution >= 0.6 is 0 Å². The van der Waals surface area contributed by atoms with E-state index in [-0.39, 0.29) is 47.0 Å². The third kappa shape index (κ3) is 6.60. The number of rotatable bonds is 10. The van der Waals surface area contributed by atoms with Crippen LogP contribution in [0.5, 0.6) is 17.2 Å². The SMILES string of the molecule is CCOc1cc(/C=N\NC(=O)[C@@H]2C[C@@H]2c2ccc(C(C)(C)C)cc2)ccc1Oc1ccc([N+](=O)[O-])cc1[N+](=O)[O-]. The number of nitrogens with one attached hydrogen (secondary N) is 1. The summed E-state index contributed by atoms with van der Waals surface area (Å²) in [4.78, 5) is 33.6. The molecule has 0 radical (unpaired) electrons. The van der Waals surface area contributed by atoms with Crippen LogP contribution in [0.25, 0.3) is 0 Å². The first-order chi connectivity index (χ1) is 19.0. The Balaban J connectivity index is 1.41. The van der Waals surface area contributed by atoms with Gasteiger partial charge in [0.05, 0.1) is 28.7 Å². The van der Waals surface area contributed by atoms with E-state index in [0.717, 1.165) is 24.1 Å². The van der Waals surface area contributed by atoms with Gasteiger partial charge in [0.2, 0.25) is 11.7 Å². The Labute approximate surface area is 231 Å². The highest BCUT2D eigenvalue weighted by molar-refractivity contribution is 5.86. The molecule has 3 aromatic rings. The van der Waals surface area contributed by atoms with Crippen molar-refractivity contribution in [2.75, 3.05) is 6.61 Å². The fraction of sp³-hybridized carbons (Fsp3) is 0.310. The highest BCUT2D eigenvalue weighted by atomic mass is 16.6. The second-order valence-electron chi connectivity index (χ2n) is 10.5. The molecule has 1 aliphatic carbocycles. The largest absolute Gasteiger partial charge is 0.490 e. The quantitative estimate of drug-likeness (QED) is 0.180. The van der Waals surface area contributed by atoms with Gasteiger partial charge in [0.15, 0.2) is 11.5 Å². The number of ether oxygens (including phenoxy) is 2. The number of nitro groups is 2. The molecule has 0 aliphatic heterocycles. The molecule has 0 bridgehead atoms. The van der Waals surface area contributed by atoms with E-state index in [4.69, 9.17) is 9.47 Å². The van der Waals surface area contributed by atoms with Crippen LogP contribution in [0.1, 0.15) is 56.7 Å². The molecule has 11 heteroatoms. The van der Waals surface area contributed by atoms with Gasteiger partial charge in [-0.05, 0) is 65.6 Å². The fourth-order valence-electron chi connectivity index (χ4n) is 4.26. The monoisotopic (exact) mass is 546 g/mol. The molecule has 0 spiro atoms. The summed E-state index contributed by atoms with van der Waals surface area (Å²) < 4.78 is 11.3. The first-order valence-electron chi connectivity index (χ1n) is 12.8. The summed E-state index contributed by atoms with van der Waals surface area (Å²) in [5.74, 6) is 0.178. The second kappa shape index (κ2) is 11.5. The summed E-state index contributed by atoms with van der Waals surface area (Å²) in [6.07, 6.45) is 2.24. The Kier molecular flexibility index (Phi) is 8.13. The van der Waals surface area contributed by atoms with Crippen molar-refractivity contribution in [2.24, 2.45) is 11.0 Å². The zero-order valence-electron chi connectivity index (χ0n) is 22.6. The van der Waals surface area contributed by atoms with Gasteiger partial charge in [0, 0.05) is 12.0 Å². The van der Waals surface area contributed by atoms with E-state index in [1.165, 1.54) is 23.9 Å². The standard InChI is InChI=1S/C29H30N4O7/c1-5-39-27-14-18(6-12-26(27)40-25-13-11-21(32(35)36)15-24(25)33(37)38)17-30-31-28(34)23-16-22(23)19-7-9-20(10-8-19)29(2,3)4/h6-15,17,22-23H,5,16H2,1-4H3,(H,31,34)/b30-17-/t22-,23-/m1/s1. The zero-order valence-corrected chi connectivity index (χ0v) is 22.6. The van der Waals surface area contributed by atoms with Crippen molar-refractivity contribution in [1.82, 2.24) is 5.43 Å². The van der Waals surface area contributed by atoms with Gasteiger partial charge in [0.25, 0.3) is 5.69 Å². The number of non-ortho nitro benzene ring substituents is 1. The predicted molar refractivity (Wildman–Crippen MR) is 149 cm³/mol. The van der Waals surface area contributed by atoms with E-state index in [1.807, 2.05) is 0 Å². The lowest BCUT2D eigenvalue weighted by atomic mass is 9.86. The van der Waals surface area contributed by atoms with Crippen molar-refractivity contribution in [3.05, 3.63) is 97.6 Å². The maximum atomic E-state index is 12.6. The molecule has 40 heavy (non-hydrogen) atoms. The molecule has 208 valence electrons.